The summed E-state index contributed by atoms with van der Waals surface area (Å²) in [7, 11) is 0. The minimum atomic E-state index is -0.998. The van der Waals surface area contributed by atoms with Crippen molar-refractivity contribution < 1.29 is 22.7 Å². The van der Waals surface area contributed by atoms with Crippen molar-refractivity contribution in [3.63, 3.8) is 0 Å². The lowest BCUT2D eigenvalue weighted by Crippen LogP contribution is -2.38. The van der Waals surface area contributed by atoms with Gasteiger partial charge in [0.1, 0.15) is 29.6 Å². The van der Waals surface area contributed by atoms with E-state index in [0.29, 0.717) is 32.0 Å². The molecular weight excluding hydrogens is 421 g/mol. The molecule has 3 aliphatic rings. The molecule has 1 saturated carbocycles. The largest absolute Gasteiger partial charge is 0.483 e. The van der Waals surface area contributed by atoms with Crippen molar-refractivity contribution in [2.45, 2.75) is 51.3 Å². The Morgan fingerprint density at radius 3 is 2.62 bits per heavy atom. The number of alkyl halides is 1. The van der Waals surface area contributed by atoms with Crippen molar-refractivity contribution in [3.05, 3.63) is 52.7 Å². The number of allylic oxidation sites excluding steroid dienone is 2. The Hall–Kier alpha value is -2.97. The van der Waals surface area contributed by atoms with Gasteiger partial charge in [0.25, 0.3) is 5.91 Å². The van der Waals surface area contributed by atoms with E-state index in [1.807, 2.05) is 4.90 Å². The third kappa shape index (κ3) is 4.76. The molecule has 0 radical (unpaired) electrons. The van der Waals surface area contributed by atoms with E-state index in [1.54, 1.807) is 0 Å². The third-order valence-corrected chi connectivity index (χ3v) is 6.00. The van der Waals surface area contributed by atoms with Gasteiger partial charge < -0.3 is 25.3 Å². The molecule has 2 heterocycles. The number of hydrogen-bond donors (Lipinski definition) is 2. The lowest BCUT2D eigenvalue weighted by Gasteiger charge is -2.31. The zero-order valence-corrected chi connectivity index (χ0v) is 18.0. The average molecular weight is 448 g/mol. The van der Waals surface area contributed by atoms with Crippen LogP contribution in [0, 0.1) is 17.0 Å². The van der Waals surface area contributed by atoms with Crippen LogP contribution in [-0.2, 0) is 9.53 Å². The zero-order chi connectivity index (χ0) is 22.8. The number of anilines is 1. The van der Waals surface area contributed by atoms with Crippen LogP contribution >= 0.6 is 0 Å². The van der Waals surface area contributed by atoms with Gasteiger partial charge in [-0.15, -0.1) is 0 Å². The second-order valence-electron chi connectivity index (χ2n) is 8.34. The number of carbonyl (C=O) groups excluding carboxylic acids is 1. The number of nitrogens with one attached hydrogen (secondary N) is 2. The van der Waals surface area contributed by atoms with Crippen LogP contribution in [0.4, 0.5) is 18.9 Å². The van der Waals surface area contributed by atoms with Crippen molar-refractivity contribution in [1.29, 1.82) is 5.41 Å². The topological polar surface area (TPSA) is 68.4 Å². The maximum atomic E-state index is 13.7. The summed E-state index contributed by atoms with van der Waals surface area (Å²) in [6.45, 7) is 4.00. The summed E-state index contributed by atoms with van der Waals surface area (Å²) in [4.78, 5) is 17.3. The molecule has 2 fully saturated rings. The van der Waals surface area contributed by atoms with Crippen molar-refractivity contribution in [2.75, 3.05) is 25.0 Å². The molecule has 2 atom stereocenters. The fraction of sp³-hybridized carbons (Fsp3) is 0.478. The number of fused-ring (bicyclic) bond motifs is 1. The molecule has 32 heavy (non-hydrogen) atoms. The Labute approximate surface area is 185 Å². The number of benzene rings is 1. The van der Waals surface area contributed by atoms with Crippen molar-refractivity contribution in [2.24, 2.45) is 0 Å². The van der Waals surface area contributed by atoms with Gasteiger partial charge in [0.2, 0.25) is 5.76 Å². The van der Waals surface area contributed by atoms with Gasteiger partial charge >= 0.3 is 0 Å². The van der Waals surface area contributed by atoms with Crippen molar-refractivity contribution in [3.8, 4) is 0 Å². The van der Waals surface area contributed by atoms with Crippen molar-refractivity contribution >= 4 is 17.8 Å². The smallest absolute Gasteiger partial charge is 0.293 e. The number of hydrogen-bond acceptors (Lipinski definition) is 5. The first-order chi connectivity index (χ1) is 15.4. The first kappa shape index (κ1) is 22.2. The molecule has 1 aromatic carbocycles. The quantitative estimate of drug-likeness (QED) is 0.353. The van der Waals surface area contributed by atoms with Crippen LogP contribution in [0.1, 0.15) is 39.0 Å². The molecule has 4 rings (SSSR count). The van der Waals surface area contributed by atoms with Crippen LogP contribution in [0.3, 0.4) is 0 Å². The lowest BCUT2D eigenvalue weighted by atomic mass is 10.2. The number of carbonyl (C=O) groups is 1. The predicted octanol–water partition coefficient (Wildman–Crippen LogP) is 4.31. The van der Waals surface area contributed by atoms with Crippen LogP contribution < -0.4 is 5.32 Å². The van der Waals surface area contributed by atoms with Crippen LogP contribution in [0.2, 0.25) is 0 Å². The Bertz CT molecular complexity index is 958. The third-order valence-electron chi connectivity index (χ3n) is 6.00. The monoisotopic (exact) mass is 448 g/mol. The summed E-state index contributed by atoms with van der Waals surface area (Å²) in [5.41, 5.74) is 2.70. The molecular formula is C23H27F3N4O2. The summed E-state index contributed by atoms with van der Waals surface area (Å²) >= 11 is 0. The van der Waals surface area contributed by atoms with Gasteiger partial charge in [-0.25, -0.2) is 13.2 Å². The first-order valence-electron chi connectivity index (χ1n) is 11.0. The fourth-order valence-corrected chi connectivity index (χ4v) is 4.44. The molecule has 1 aromatic rings. The minimum Gasteiger partial charge on any atom is -0.483 e. The minimum absolute atomic E-state index is 0.0623. The van der Waals surface area contributed by atoms with E-state index in [0.717, 1.165) is 37.7 Å². The van der Waals surface area contributed by atoms with E-state index in [2.05, 4.69) is 17.1 Å². The average Bonchev–Trinajstić information content (AvgIpc) is 3.25. The molecule has 1 amide bonds. The molecule has 2 unspecified atom stereocenters. The molecule has 6 nitrogen and oxygen atoms in total. The molecule has 1 aliphatic carbocycles. The van der Waals surface area contributed by atoms with E-state index in [4.69, 9.17) is 10.1 Å². The maximum Gasteiger partial charge on any atom is 0.293 e. The Kier molecular flexibility index (Phi) is 6.43. The molecule has 1 saturated heterocycles. The van der Waals surface area contributed by atoms with Crippen LogP contribution in [0.25, 0.3) is 0 Å². The van der Waals surface area contributed by atoms with E-state index in [9.17, 15) is 18.0 Å². The highest BCUT2D eigenvalue weighted by Crippen LogP contribution is 2.39. The second-order valence-corrected chi connectivity index (χ2v) is 8.34. The highest BCUT2D eigenvalue weighted by Gasteiger charge is 2.39. The molecule has 2 N–H and O–H groups in total. The van der Waals surface area contributed by atoms with Crippen LogP contribution in [-0.4, -0.2) is 53.8 Å². The highest BCUT2D eigenvalue weighted by molar-refractivity contribution is 6.05. The van der Waals surface area contributed by atoms with Gasteiger partial charge in [0.05, 0.1) is 12.2 Å². The van der Waals surface area contributed by atoms with Crippen LogP contribution in [0.15, 0.2) is 41.0 Å². The number of halogens is 3. The summed E-state index contributed by atoms with van der Waals surface area (Å²) in [6.07, 6.45) is 2.55. The predicted molar refractivity (Wildman–Crippen MR) is 115 cm³/mol. The SMILES string of the molecule is CCCC1=C2CN(/C(C=N)=C(\OC3CCC(F)C3)C(=O)Nc3cc(F)cc(F)c3)CCN12. The van der Waals surface area contributed by atoms with Crippen molar-refractivity contribution in [1.82, 2.24) is 9.80 Å². The van der Waals surface area contributed by atoms with E-state index >= 15 is 0 Å². The van der Waals surface area contributed by atoms with E-state index < -0.39 is 29.8 Å². The number of ether oxygens (including phenoxy) is 1. The second kappa shape index (κ2) is 9.26. The molecule has 9 heteroatoms. The van der Waals surface area contributed by atoms with Gasteiger partial charge in [-0.2, -0.15) is 0 Å². The Morgan fingerprint density at radius 2 is 2.00 bits per heavy atom. The fourth-order valence-electron chi connectivity index (χ4n) is 4.44. The molecule has 172 valence electrons. The first-order valence-corrected chi connectivity index (χ1v) is 11.0. The van der Waals surface area contributed by atoms with Gasteiger partial charge in [0, 0.05) is 43.2 Å². The number of nitrogens with zero attached hydrogens (tertiary/aromatic N) is 2. The molecule has 0 aromatic heterocycles. The highest BCUT2D eigenvalue weighted by atomic mass is 19.1. The summed E-state index contributed by atoms with van der Waals surface area (Å²) in [5, 5.41) is 10.4. The zero-order valence-electron chi connectivity index (χ0n) is 18.0. The van der Waals surface area contributed by atoms with E-state index in [-0.39, 0.29) is 23.6 Å². The number of amides is 1. The summed E-state index contributed by atoms with van der Waals surface area (Å²) < 4.78 is 46.8. The van der Waals surface area contributed by atoms with Crippen LogP contribution in [0.5, 0.6) is 0 Å². The lowest BCUT2D eigenvalue weighted by molar-refractivity contribution is -0.117. The molecule has 2 aliphatic heterocycles. The standard InChI is InChI=1S/C23H27F3N4O2/c1-2-3-19-21-13-29(6-7-30(19)21)20(12-27)22(32-18-5-4-14(24)11-18)23(31)28-17-9-15(25)8-16(26)10-17/h8-10,12,14,18,27H,2-7,11,13H2,1H3,(H,28,31)/b22-20-,27-12?. The normalized spacial score (nSPS) is 23.0. The Morgan fingerprint density at radius 1 is 1.25 bits per heavy atom. The van der Waals surface area contributed by atoms with Gasteiger partial charge in [-0.3, -0.25) is 4.79 Å². The molecule has 0 bridgehead atoms. The number of piperazine rings is 1. The summed E-state index contributed by atoms with van der Waals surface area (Å²) in [6, 6.07) is 2.71. The maximum absolute atomic E-state index is 13.7. The van der Waals surface area contributed by atoms with Gasteiger partial charge in [-0.1, -0.05) is 13.3 Å². The Balaban J connectivity index is 1.61. The number of rotatable bonds is 8. The van der Waals surface area contributed by atoms with E-state index in [1.165, 1.54) is 11.4 Å². The molecule has 0 spiro atoms. The summed E-state index contributed by atoms with van der Waals surface area (Å²) in [5.74, 6) is -2.50. The van der Waals surface area contributed by atoms with Gasteiger partial charge in [-0.05, 0) is 31.4 Å². The van der Waals surface area contributed by atoms with Gasteiger partial charge in [0.15, 0.2) is 0 Å².